The zero-order chi connectivity index (χ0) is 9.19. The molecule has 0 bridgehead atoms. The molecule has 1 saturated carbocycles. The molecule has 0 spiro atoms. The molecule has 12 heavy (non-hydrogen) atoms. The zero-order valence-electron chi connectivity index (χ0n) is 7.99. The first-order valence-electron chi connectivity index (χ1n) is 4.76. The van der Waals surface area contributed by atoms with Crippen molar-refractivity contribution < 1.29 is 9.46 Å². The van der Waals surface area contributed by atoms with Crippen LogP contribution in [0.3, 0.4) is 0 Å². The molecule has 1 rings (SSSR count). The van der Waals surface area contributed by atoms with Crippen molar-refractivity contribution in [2.75, 3.05) is 12.8 Å². The van der Waals surface area contributed by atoms with Crippen molar-refractivity contribution in [2.45, 2.75) is 32.6 Å². The van der Waals surface area contributed by atoms with Gasteiger partial charge in [-0.1, -0.05) is 19.8 Å². The van der Waals surface area contributed by atoms with Gasteiger partial charge in [0, 0.05) is 12.8 Å². The Bertz CT molecular complexity index is 177. The minimum atomic E-state index is -2.75. The van der Waals surface area contributed by atoms with E-state index in [1.165, 1.54) is 19.5 Å². The van der Waals surface area contributed by atoms with Crippen molar-refractivity contribution in [1.82, 2.24) is 0 Å². The zero-order valence-corrected chi connectivity index (χ0v) is 8.89. The molecule has 1 aliphatic carbocycles. The molecule has 3 heteroatoms. The van der Waals surface area contributed by atoms with Crippen molar-refractivity contribution in [3.8, 4) is 0 Å². The normalized spacial score (nSPS) is 35.9. The Kier molecular flexibility index (Phi) is 3.37. The fourth-order valence-corrected chi connectivity index (χ4v) is 3.31. The van der Waals surface area contributed by atoms with Gasteiger partial charge in [0.1, 0.15) is 0 Å². The Morgan fingerprint density at radius 2 is 1.83 bits per heavy atom. The van der Waals surface area contributed by atoms with Crippen LogP contribution in [0.15, 0.2) is 0 Å². The lowest BCUT2D eigenvalue weighted by molar-refractivity contribution is 0.304. The van der Waals surface area contributed by atoms with E-state index in [1.54, 1.807) is 0 Å². The number of rotatable bonds is 2. The van der Waals surface area contributed by atoms with Crippen LogP contribution < -0.4 is 0 Å². The van der Waals surface area contributed by atoms with Crippen LogP contribution in [0.2, 0.25) is 0 Å². The summed E-state index contributed by atoms with van der Waals surface area (Å²) in [5.41, 5.74) is 0. The Morgan fingerprint density at radius 1 is 1.33 bits per heavy atom. The summed E-state index contributed by atoms with van der Waals surface area (Å²) in [6.07, 6.45) is 5.33. The largest absolute Gasteiger partial charge is 0.344 e. The summed E-state index contributed by atoms with van der Waals surface area (Å²) >= 11 is 0. The fourth-order valence-electron chi connectivity index (χ4n) is 1.99. The minimum Gasteiger partial charge on any atom is -0.344 e. The highest BCUT2D eigenvalue weighted by Gasteiger charge is 2.23. The van der Waals surface area contributed by atoms with Crippen LogP contribution in [0, 0.1) is 11.8 Å². The van der Waals surface area contributed by atoms with Crippen molar-refractivity contribution in [3.63, 3.8) is 0 Å². The first-order valence-corrected chi connectivity index (χ1v) is 7.06. The van der Waals surface area contributed by atoms with Gasteiger partial charge in [-0.15, -0.1) is 0 Å². The van der Waals surface area contributed by atoms with E-state index in [2.05, 4.69) is 6.92 Å². The molecule has 72 valence electrons. The topological polar surface area (TPSA) is 37.3 Å². The van der Waals surface area contributed by atoms with Crippen LogP contribution in [0.1, 0.15) is 32.6 Å². The highest BCUT2D eigenvalue weighted by atomic mass is 31.2. The molecule has 0 amide bonds. The van der Waals surface area contributed by atoms with Crippen molar-refractivity contribution in [3.05, 3.63) is 0 Å². The van der Waals surface area contributed by atoms with E-state index in [1.807, 2.05) is 0 Å². The molecular formula is C9H19O2P. The van der Waals surface area contributed by atoms with E-state index in [0.717, 1.165) is 18.8 Å². The molecule has 0 aromatic rings. The molecule has 0 heterocycles. The first-order chi connectivity index (χ1) is 5.47. The first kappa shape index (κ1) is 10.3. The predicted molar refractivity (Wildman–Crippen MR) is 51.7 cm³/mol. The Hall–Kier alpha value is 0.190. The van der Waals surface area contributed by atoms with Crippen LogP contribution in [0.4, 0.5) is 0 Å². The van der Waals surface area contributed by atoms with Gasteiger partial charge in [-0.3, -0.25) is 4.57 Å². The number of hydrogen-bond donors (Lipinski definition) is 1. The summed E-state index contributed by atoms with van der Waals surface area (Å²) in [4.78, 5) is 9.19. The van der Waals surface area contributed by atoms with Crippen LogP contribution in [0.5, 0.6) is 0 Å². The highest BCUT2D eigenvalue weighted by Crippen LogP contribution is 2.42. The second kappa shape index (κ2) is 3.93. The summed E-state index contributed by atoms with van der Waals surface area (Å²) in [5.74, 6) is 1.35. The summed E-state index contributed by atoms with van der Waals surface area (Å²) in [5, 5.41) is 0. The van der Waals surface area contributed by atoms with Gasteiger partial charge in [0.15, 0.2) is 7.37 Å². The Labute approximate surface area is 74.8 Å². The molecule has 0 aromatic heterocycles. The van der Waals surface area contributed by atoms with Crippen LogP contribution >= 0.6 is 7.37 Å². The van der Waals surface area contributed by atoms with E-state index in [9.17, 15) is 9.46 Å². The number of hydrogen-bond acceptors (Lipinski definition) is 1. The van der Waals surface area contributed by atoms with E-state index in [-0.39, 0.29) is 0 Å². The Balaban J connectivity index is 2.31. The molecule has 1 N–H and O–H groups in total. The monoisotopic (exact) mass is 190 g/mol. The maximum atomic E-state index is 11.1. The third kappa shape index (κ3) is 3.73. The fraction of sp³-hybridized carbons (Fsp3) is 1.00. The SMILES string of the molecule is CC1CCC(CP(C)(=O)O)CC1. The van der Waals surface area contributed by atoms with Gasteiger partial charge in [0.05, 0.1) is 0 Å². The summed E-state index contributed by atoms with van der Waals surface area (Å²) < 4.78 is 11.1. The summed E-state index contributed by atoms with van der Waals surface area (Å²) in [6.45, 7) is 3.74. The van der Waals surface area contributed by atoms with Gasteiger partial charge < -0.3 is 4.89 Å². The lowest BCUT2D eigenvalue weighted by Gasteiger charge is -2.26. The van der Waals surface area contributed by atoms with Crippen molar-refractivity contribution in [1.29, 1.82) is 0 Å². The van der Waals surface area contributed by atoms with Crippen molar-refractivity contribution >= 4 is 7.37 Å². The van der Waals surface area contributed by atoms with E-state index >= 15 is 0 Å². The maximum absolute atomic E-state index is 11.1. The van der Waals surface area contributed by atoms with Gasteiger partial charge in [-0.2, -0.15) is 0 Å². The van der Waals surface area contributed by atoms with E-state index in [0.29, 0.717) is 12.1 Å². The molecule has 2 nitrogen and oxygen atoms in total. The molecule has 1 fully saturated rings. The predicted octanol–water partition coefficient (Wildman–Crippen LogP) is 2.71. The quantitative estimate of drug-likeness (QED) is 0.680. The molecule has 1 aliphatic rings. The van der Waals surface area contributed by atoms with Crippen LogP contribution in [-0.4, -0.2) is 17.7 Å². The van der Waals surface area contributed by atoms with Gasteiger partial charge >= 0.3 is 0 Å². The molecule has 0 radical (unpaired) electrons. The standard InChI is InChI=1S/C9H19O2P/c1-8-3-5-9(6-4-8)7-12(2,10)11/h8-9H,3-7H2,1-2H3,(H,10,11). The maximum Gasteiger partial charge on any atom is 0.197 e. The summed E-state index contributed by atoms with van der Waals surface area (Å²) in [6, 6.07) is 0. The average molecular weight is 190 g/mol. The second-order valence-corrected chi connectivity index (χ2v) is 6.83. The molecule has 0 aromatic carbocycles. The molecule has 0 aliphatic heterocycles. The lowest BCUT2D eigenvalue weighted by atomic mass is 9.84. The molecule has 1 unspecified atom stereocenters. The third-order valence-electron chi connectivity index (χ3n) is 2.73. The van der Waals surface area contributed by atoms with Crippen LogP contribution in [0.25, 0.3) is 0 Å². The highest BCUT2D eigenvalue weighted by molar-refractivity contribution is 7.57. The summed E-state index contributed by atoms with van der Waals surface area (Å²) in [7, 11) is -2.75. The smallest absolute Gasteiger partial charge is 0.197 e. The van der Waals surface area contributed by atoms with Crippen LogP contribution in [-0.2, 0) is 4.57 Å². The molecular weight excluding hydrogens is 171 g/mol. The van der Waals surface area contributed by atoms with Gasteiger partial charge in [0.25, 0.3) is 0 Å². The third-order valence-corrected chi connectivity index (χ3v) is 3.93. The molecule has 1 atom stereocenters. The second-order valence-electron chi connectivity index (χ2n) is 4.36. The van der Waals surface area contributed by atoms with E-state index in [4.69, 9.17) is 0 Å². The van der Waals surface area contributed by atoms with Crippen molar-refractivity contribution in [2.24, 2.45) is 11.8 Å². The van der Waals surface area contributed by atoms with Gasteiger partial charge in [0.2, 0.25) is 0 Å². The van der Waals surface area contributed by atoms with E-state index < -0.39 is 7.37 Å². The van der Waals surface area contributed by atoms with Gasteiger partial charge in [-0.05, 0) is 24.7 Å². The molecule has 0 saturated heterocycles. The average Bonchev–Trinajstić information content (AvgIpc) is 1.91. The Morgan fingerprint density at radius 3 is 2.25 bits per heavy atom. The van der Waals surface area contributed by atoms with Gasteiger partial charge in [-0.25, -0.2) is 0 Å². The minimum absolute atomic E-state index is 0.516. The lowest BCUT2D eigenvalue weighted by Crippen LogP contribution is -2.15.